The molecule has 0 spiro atoms. The van der Waals surface area contributed by atoms with Gasteiger partial charge in [0, 0.05) is 30.5 Å². The number of amides is 2. The second-order valence-electron chi connectivity index (χ2n) is 6.21. The molecule has 1 saturated heterocycles. The Morgan fingerprint density at radius 1 is 1.48 bits per heavy atom. The fourth-order valence-electron chi connectivity index (χ4n) is 2.61. The van der Waals surface area contributed by atoms with E-state index in [1.807, 2.05) is 0 Å². The van der Waals surface area contributed by atoms with Gasteiger partial charge >= 0.3 is 0 Å². The van der Waals surface area contributed by atoms with E-state index in [0.717, 1.165) is 12.5 Å². The number of carbonyl (C=O) groups excluding carboxylic acids is 2. The number of halogens is 2. The molecule has 126 valence electrons. The van der Waals surface area contributed by atoms with Gasteiger partial charge < -0.3 is 16.0 Å². The molecule has 1 aliphatic rings. The molecule has 23 heavy (non-hydrogen) atoms. The van der Waals surface area contributed by atoms with Crippen molar-refractivity contribution in [1.29, 1.82) is 0 Å². The maximum Gasteiger partial charge on any atom is 0.252 e. The van der Waals surface area contributed by atoms with Crippen LogP contribution in [0.15, 0.2) is 22.7 Å². The quantitative estimate of drug-likeness (QED) is 0.812. The van der Waals surface area contributed by atoms with Crippen LogP contribution >= 0.6 is 15.9 Å². The summed E-state index contributed by atoms with van der Waals surface area (Å²) in [6.45, 7) is 4.21. The summed E-state index contributed by atoms with van der Waals surface area (Å²) < 4.78 is 13.7. The first kappa shape index (κ1) is 17.9. The standard InChI is InChI=1S/C16H21BrFN3O2/c1-16(9-19)5-7-21(10-16)14(22)4-6-20-15(23)12-8-11(18)2-3-13(12)17/h2-3,8H,4-7,9-10,19H2,1H3,(H,20,23). The molecule has 7 heteroatoms. The number of benzene rings is 1. The molecule has 1 aromatic carbocycles. The predicted molar refractivity (Wildman–Crippen MR) is 89.4 cm³/mol. The third-order valence-corrected chi connectivity index (χ3v) is 4.89. The molecule has 1 aromatic rings. The van der Waals surface area contributed by atoms with Crippen LogP contribution < -0.4 is 11.1 Å². The molecule has 1 fully saturated rings. The zero-order chi connectivity index (χ0) is 17.0. The largest absolute Gasteiger partial charge is 0.351 e. The highest BCUT2D eigenvalue weighted by Crippen LogP contribution is 2.28. The van der Waals surface area contributed by atoms with Crippen LogP contribution in [-0.4, -0.2) is 42.9 Å². The molecule has 5 nitrogen and oxygen atoms in total. The number of hydrogen-bond acceptors (Lipinski definition) is 3. The zero-order valence-corrected chi connectivity index (χ0v) is 14.7. The second-order valence-corrected chi connectivity index (χ2v) is 7.06. The van der Waals surface area contributed by atoms with Gasteiger partial charge in [0.1, 0.15) is 5.82 Å². The summed E-state index contributed by atoms with van der Waals surface area (Å²) in [4.78, 5) is 26.0. The summed E-state index contributed by atoms with van der Waals surface area (Å²) in [5.41, 5.74) is 5.94. The van der Waals surface area contributed by atoms with Crippen molar-refractivity contribution in [3.63, 3.8) is 0 Å². The fourth-order valence-corrected chi connectivity index (χ4v) is 3.04. The Morgan fingerprint density at radius 2 is 2.22 bits per heavy atom. The number of carbonyl (C=O) groups is 2. The van der Waals surface area contributed by atoms with Crippen molar-refractivity contribution in [1.82, 2.24) is 10.2 Å². The Hall–Kier alpha value is -1.47. The second kappa shape index (κ2) is 7.40. The minimum absolute atomic E-state index is 0.000725. The molecular formula is C16H21BrFN3O2. The van der Waals surface area contributed by atoms with Gasteiger partial charge in [-0.3, -0.25) is 9.59 Å². The predicted octanol–water partition coefficient (Wildman–Crippen LogP) is 1.91. The average Bonchev–Trinajstić information content (AvgIpc) is 2.93. The lowest BCUT2D eigenvalue weighted by Crippen LogP contribution is -2.36. The Morgan fingerprint density at radius 3 is 2.87 bits per heavy atom. The summed E-state index contributed by atoms with van der Waals surface area (Å²) >= 11 is 3.21. The summed E-state index contributed by atoms with van der Waals surface area (Å²) in [5, 5.41) is 2.65. The van der Waals surface area contributed by atoms with E-state index < -0.39 is 11.7 Å². The number of nitrogens with one attached hydrogen (secondary N) is 1. The molecule has 2 rings (SSSR count). The topological polar surface area (TPSA) is 75.4 Å². The first-order chi connectivity index (χ1) is 10.8. The number of hydrogen-bond donors (Lipinski definition) is 2. The van der Waals surface area contributed by atoms with Gasteiger partial charge in [0.25, 0.3) is 5.91 Å². The van der Waals surface area contributed by atoms with Crippen LogP contribution in [0.5, 0.6) is 0 Å². The molecule has 2 amide bonds. The van der Waals surface area contributed by atoms with E-state index in [-0.39, 0.29) is 29.9 Å². The first-order valence-electron chi connectivity index (χ1n) is 7.56. The maximum atomic E-state index is 13.2. The zero-order valence-electron chi connectivity index (χ0n) is 13.1. The Labute approximate surface area is 143 Å². The highest BCUT2D eigenvalue weighted by Gasteiger charge is 2.34. The Kier molecular flexibility index (Phi) is 5.75. The van der Waals surface area contributed by atoms with Gasteiger partial charge in [0.15, 0.2) is 0 Å². The molecule has 3 N–H and O–H groups in total. The number of nitrogens with two attached hydrogens (primary N) is 1. The lowest BCUT2D eigenvalue weighted by atomic mass is 9.90. The smallest absolute Gasteiger partial charge is 0.252 e. The third kappa shape index (κ3) is 4.51. The molecular weight excluding hydrogens is 365 g/mol. The van der Waals surface area contributed by atoms with Crippen molar-refractivity contribution in [3.8, 4) is 0 Å². The Balaban J connectivity index is 1.82. The molecule has 0 bridgehead atoms. The van der Waals surface area contributed by atoms with E-state index in [2.05, 4.69) is 28.2 Å². The van der Waals surface area contributed by atoms with Gasteiger partial charge in [-0.05, 0) is 52.5 Å². The molecule has 1 heterocycles. The van der Waals surface area contributed by atoms with Gasteiger partial charge in [-0.1, -0.05) is 6.92 Å². The van der Waals surface area contributed by atoms with Crippen LogP contribution in [0.1, 0.15) is 30.1 Å². The van der Waals surface area contributed by atoms with Crippen LogP contribution in [0.4, 0.5) is 4.39 Å². The summed E-state index contributed by atoms with van der Waals surface area (Å²) in [6, 6.07) is 3.91. The summed E-state index contributed by atoms with van der Waals surface area (Å²) in [7, 11) is 0. The molecule has 0 aliphatic carbocycles. The van der Waals surface area contributed by atoms with Crippen LogP contribution in [0.25, 0.3) is 0 Å². The molecule has 0 aromatic heterocycles. The number of nitrogens with zero attached hydrogens (tertiary/aromatic N) is 1. The van der Waals surface area contributed by atoms with E-state index >= 15 is 0 Å². The van der Waals surface area contributed by atoms with E-state index in [4.69, 9.17) is 5.73 Å². The summed E-state index contributed by atoms with van der Waals surface area (Å²) in [5.74, 6) is -0.884. The summed E-state index contributed by atoms with van der Waals surface area (Å²) in [6.07, 6.45) is 1.12. The van der Waals surface area contributed by atoms with Crippen LogP contribution in [-0.2, 0) is 4.79 Å². The van der Waals surface area contributed by atoms with Crippen molar-refractivity contribution >= 4 is 27.7 Å². The minimum atomic E-state index is -0.479. The van der Waals surface area contributed by atoms with Crippen LogP contribution in [0.2, 0.25) is 0 Å². The van der Waals surface area contributed by atoms with E-state index in [9.17, 15) is 14.0 Å². The highest BCUT2D eigenvalue weighted by molar-refractivity contribution is 9.10. The van der Waals surface area contributed by atoms with Crippen molar-refractivity contribution < 1.29 is 14.0 Å². The normalized spacial score (nSPS) is 20.6. The molecule has 1 aliphatic heterocycles. The molecule has 1 unspecified atom stereocenters. The molecule has 0 saturated carbocycles. The van der Waals surface area contributed by atoms with E-state index in [0.29, 0.717) is 24.1 Å². The van der Waals surface area contributed by atoms with Gasteiger partial charge in [-0.25, -0.2) is 4.39 Å². The van der Waals surface area contributed by atoms with Gasteiger partial charge in [0.05, 0.1) is 5.56 Å². The maximum absolute atomic E-state index is 13.2. The van der Waals surface area contributed by atoms with E-state index in [1.165, 1.54) is 12.1 Å². The average molecular weight is 386 g/mol. The number of rotatable bonds is 5. The third-order valence-electron chi connectivity index (χ3n) is 4.20. The van der Waals surface area contributed by atoms with Crippen molar-refractivity contribution in [2.75, 3.05) is 26.2 Å². The monoisotopic (exact) mass is 385 g/mol. The van der Waals surface area contributed by atoms with Gasteiger partial charge in [0.2, 0.25) is 5.91 Å². The van der Waals surface area contributed by atoms with E-state index in [1.54, 1.807) is 4.90 Å². The Bertz CT molecular complexity index is 611. The van der Waals surface area contributed by atoms with Crippen molar-refractivity contribution in [3.05, 3.63) is 34.1 Å². The lowest BCUT2D eigenvalue weighted by molar-refractivity contribution is -0.130. The minimum Gasteiger partial charge on any atom is -0.351 e. The fraction of sp³-hybridized carbons (Fsp3) is 0.500. The SMILES string of the molecule is CC1(CN)CCN(C(=O)CCNC(=O)c2cc(F)ccc2Br)C1. The molecule has 1 atom stereocenters. The highest BCUT2D eigenvalue weighted by atomic mass is 79.9. The van der Waals surface area contributed by atoms with Gasteiger partial charge in [-0.15, -0.1) is 0 Å². The molecule has 0 radical (unpaired) electrons. The van der Waals surface area contributed by atoms with Crippen molar-refractivity contribution in [2.45, 2.75) is 19.8 Å². The van der Waals surface area contributed by atoms with Crippen LogP contribution in [0, 0.1) is 11.2 Å². The van der Waals surface area contributed by atoms with Crippen LogP contribution in [0.3, 0.4) is 0 Å². The van der Waals surface area contributed by atoms with Gasteiger partial charge in [-0.2, -0.15) is 0 Å². The number of likely N-dealkylation sites (tertiary alicyclic amines) is 1. The first-order valence-corrected chi connectivity index (χ1v) is 8.35. The van der Waals surface area contributed by atoms with Crippen molar-refractivity contribution in [2.24, 2.45) is 11.1 Å². The lowest BCUT2D eigenvalue weighted by Gasteiger charge is -2.22.